The van der Waals surface area contributed by atoms with Gasteiger partial charge in [0, 0.05) is 48.0 Å². The van der Waals surface area contributed by atoms with E-state index in [1.165, 1.54) is 6.92 Å². The Morgan fingerprint density at radius 3 is 2.07 bits per heavy atom. The number of amides is 2. The highest BCUT2D eigenvalue weighted by molar-refractivity contribution is 6.30. The van der Waals surface area contributed by atoms with E-state index in [4.69, 9.17) is 11.6 Å². The lowest BCUT2D eigenvalue weighted by molar-refractivity contribution is 0.0532. The summed E-state index contributed by atoms with van der Waals surface area (Å²) in [6.45, 7) is 7.24. The second-order valence-electron chi connectivity index (χ2n) is 7.38. The standard InChI is InChI=1S/C22H26ClN3O3/c1-4-5-18-19(15(3)27)14(2)24-20(18)22(29)26-12-10-25(11-13-26)21(28)16-6-8-17(23)9-7-16/h6-9,24H,4-5,10-13H2,1-3H3. The molecular formula is C22H26ClN3O3. The van der Waals surface area contributed by atoms with Crippen LogP contribution in [-0.4, -0.2) is 58.6 Å². The van der Waals surface area contributed by atoms with Gasteiger partial charge in [0.1, 0.15) is 5.69 Å². The fraction of sp³-hybridized carbons (Fsp3) is 0.409. The Kier molecular flexibility index (Phi) is 6.42. The predicted molar refractivity (Wildman–Crippen MR) is 113 cm³/mol. The first-order valence-electron chi connectivity index (χ1n) is 9.90. The number of carbonyl (C=O) groups is 3. The summed E-state index contributed by atoms with van der Waals surface area (Å²) in [5.74, 6) is -0.197. The van der Waals surface area contributed by atoms with Gasteiger partial charge in [-0.15, -0.1) is 0 Å². The summed E-state index contributed by atoms with van der Waals surface area (Å²) >= 11 is 5.89. The number of aryl methyl sites for hydroxylation is 1. The summed E-state index contributed by atoms with van der Waals surface area (Å²) in [7, 11) is 0. The molecule has 1 aromatic carbocycles. The van der Waals surface area contributed by atoms with Gasteiger partial charge in [0.2, 0.25) is 0 Å². The third-order valence-electron chi connectivity index (χ3n) is 5.30. The van der Waals surface area contributed by atoms with Gasteiger partial charge in [-0.3, -0.25) is 14.4 Å². The Bertz CT molecular complexity index is 926. The van der Waals surface area contributed by atoms with E-state index in [1.54, 1.807) is 34.1 Å². The number of nitrogens with one attached hydrogen (secondary N) is 1. The van der Waals surface area contributed by atoms with Crippen molar-refractivity contribution in [2.75, 3.05) is 26.2 Å². The highest BCUT2D eigenvalue weighted by atomic mass is 35.5. The summed E-state index contributed by atoms with van der Waals surface area (Å²) < 4.78 is 0. The van der Waals surface area contributed by atoms with Gasteiger partial charge >= 0.3 is 0 Å². The van der Waals surface area contributed by atoms with Crippen LogP contribution in [0, 0.1) is 6.92 Å². The third-order valence-corrected chi connectivity index (χ3v) is 5.55. The molecule has 0 spiro atoms. The van der Waals surface area contributed by atoms with Gasteiger partial charge in [-0.05, 0) is 50.1 Å². The molecule has 0 aliphatic carbocycles. The van der Waals surface area contributed by atoms with Crippen molar-refractivity contribution in [3.63, 3.8) is 0 Å². The van der Waals surface area contributed by atoms with Crippen molar-refractivity contribution in [3.8, 4) is 0 Å². The monoisotopic (exact) mass is 415 g/mol. The first-order chi connectivity index (χ1) is 13.8. The average molecular weight is 416 g/mol. The second kappa shape index (κ2) is 8.82. The van der Waals surface area contributed by atoms with E-state index in [0.717, 1.165) is 17.7 Å². The molecule has 2 amide bonds. The second-order valence-corrected chi connectivity index (χ2v) is 7.81. The molecule has 1 aromatic heterocycles. The molecule has 1 aliphatic heterocycles. The van der Waals surface area contributed by atoms with Gasteiger partial charge in [-0.2, -0.15) is 0 Å². The van der Waals surface area contributed by atoms with Crippen molar-refractivity contribution in [2.45, 2.75) is 33.6 Å². The zero-order valence-corrected chi connectivity index (χ0v) is 17.8. The molecular weight excluding hydrogens is 390 g/mol. The molecule has 1 N–H and O–H groups in total. The SMILES string of the molecule is CCCc1c(C(=O)N2CCN(C(=O)c3ccc(Cl)cc3)CC2)[nH]c(C)c1C(C)=O. The number of benzene rings is 1. The number of ketones is 1. The van der Waals surface area contributed by atoms with Gasteiger partial charge in [-0.1, -0.05) is 24.9 Å². The van der Waals surface area contributed by atoms with Crippen LogP contribution in [0.2, 0.25) is 5.02 Å². The summed E-state index contributed by atoms with van der Waals surface area (Å²) in [5, 5.41) is 0.589. The van der Waals surface area contributed by atoms with Gasteiger partial charge in [0.05, 0.1) is 0 Å². The highest BCUT2D eigenvalue weighted by Crippen LogP contribution is 2.23. The maximum Gasteiger partial charge on any atom is 0.270 e. The molecule has 1 saturated heterocycles. The molecule has 0 atom stereocenters. The Morgan fingerprint density at radius 1 is 1.00 bits per heavy atom. The number of hydrogen-bond acceptors (Lipinski definition) is 3. The van der Waals surface area contributed by atoms with Gasteiger partial charge in [0.15, 0.2) is 5.78 Å². The minimum atomic E-state index is -0.109. The minimum absolute atomic E-state index is 0.0281. The number of carbonyl (C=O) groups excluding carboxylic acids is 3. The van der Waals surface area contributed by atoms with Crippen molar-refractivity contribution < 1.29 is 14.4 Å². The number of hydrogen-bond donors (Lipinski definition) is 1. The quantitative estimate of drug-likeness (QED) is 0.756. The largest absolute Gasteiger partial charge is 0.354 e. The third kappa shape index (κ3) is 4.37. The number of Topliss-reactive ketones (excluding diaryl/α,β-unsaturated/α-hetero) is 1. The molecule has 0 saturated carbocycles. The number of H-pyrrole nitrogens is 1. The van der Waals surface area contributed by atoms with Gasteiger partial charge in [0.25, 0.3) is 11.8 Å². The normalized spacial score (nSPS) is 14.2. The minimum Gasteiger partial charge on any atom is -0.354 e. The highest BCUT2D eigenvalue weighted by Gasteiger charge is 2.29. The molecule has 2 heterocycles. The lowest BCUT2D eigenvalue weighted by Gasteiger charge is -2.34. The molecule has 29 heavy (non-hydrogen) atoms. The smallest absolute Gasteiger partial charge is 0.270 e. The number of nitrogens with zero attached hydrogens (tertiary/aromatic N) is 2. The predicted octanol–water partition coefficient (Wildman–Crippen LogP) is 3.73. The zero-order chi connectivity index (χ0) is 21.1. The molecule has 3 rings (SSSR count). The van der Waals surface area contributed by atoms with E-state index in [0.29, 0.717) is 54.4 Å². The van der Waals surface area contributed by atoms with E-state index >= 15 is 0 Å². The Balaban J connectivity index is 1.72. The molecule has 2 aromatic rings. The fourth-order valence-corrected chi connectivity index (χ4v) is 4.01. The van der Waals surface area contributed by atoms with Crippen LogP contribution in [0.3, 0.4) is 0 Å². The van der Waals surface area contributed by atoms with E-state index in [2.05, 4.69) is 4.98 Å². The summed E-state index contributed by atoms with van der Waals surface area (Å²) in [5.41, 5.74) is 3.27. The van der Waals surface area contributed by atoms with E-state index in [1.807, 2.05) is 13.8 Å². The number of aromatic amines is 1. The van der Waals surface area contributed by atoms with Crippen LogP contribution in [0.4, 0.5) is 0 Å². The van der Waals surface area contributed by atoms with Gasteiger partial charge in [-0.25, -0.2) is 0 Å². The van der Waals surface area contributed by atoms with E-state index in [9.17, 15) is 14.4 Å². The molecule has 0 bridgehead atoms. The van der Waals surface area contributed by atoms with Crippen LogP contribution in [0.1, 0.15) is 62.7 Å². The maximum absolute atomic E-state index is 13.1. The van der Waals surface area contributed by atoms with Crippen LogP contribution in [0.25, 0.3) is 0 Å². The molecule has 0 radical (unpaired) electrons. The number of rotatable bonds is 5. The molecule has 7 heteroatoms. The number of piperazine rings is 1. The van der Waals surface area contributed by atoms with Crippen LogP contribution < -0.4 is 0 Å². The zero-order valence-electron chi connectivity index (χ0n) is 17.0. The van der Waals surface area contributed by atoms with Gasteiger partial charge < -0.3 is 14.8 Å². The van der Waals surface area contributed by atoms with E-state index < -0.39 is 0 Å². The maximum atomic E-state index is 13.1. The van der Waals surface area contributed by atoms with E-state index in [-0.39, 0.29) is 17.6 Å². The van der Waals surface area contributed by atoms with Crippen LogP contribution in [0.5, 0.6) is 0 Å². The van der Waals surface area contributed by atoms with Crippen molar-refractivity contribution in [2.24, 2.45) is 0 Å². The lowest BCUT2D eigenvalue weighted by atomic mass is 10.0. The van der Waals surface area contributed by atoms with Crippen molar-refractivity contribution >= 4 is 29.2 Å². The number of halogens is 1. The lowest BCUT2D eigenvalue weighted by Crippen LogP contribution is -2.50. The summed E-state index contributed by atoms with van der Waals surface area (Å²) in [6, 6.07) is 6.82. The first kappa shape index (κ1) is 21.1. The van der Waals surface area contributed by atoms with Crippen molar-refractivity contribution in [3.05, 3.63) is 57.4 Å². The van der Waals surface area contributed by atoms with Crippen molar-refractivity contribution in [1.29, 1.82) is 0 Å². The molecule has 1 fully saturated rings. The Hall–Kier alpha value is -2.60. The van der Waals surface area contributed by atoms with Crippen LogP contribution in [0.15, 0.2) is 24.3 Å². The molecule has 154 valence electrons. The molecule has 1 aliphatic rings. The fourth-order valence-electron chi connectivity index (χ4n) is 3.88. The Morgan fingerprint density at radius 2 is 1.55 bits per heavy atom. The van der Waals surface area contributed by atoms with Crippen LogP contribution >= 0.6 is 11.6 Å². The summed E-state index contributed by atoms with van der Waals surface area (Å²) in [6.07, 6.45) is 1.52. The number of aromatic nitrogens is 1. The van der Waals surface area contributed by atoms with Crippen LogP contribution in [-0.2, 0) is 6.42 Å². The molecule has 0 unspecified atom stereocenters. The molecule has 6 nitrogen and oxygen atoms in total. The summed E-state index contributed by atoms with van der Waals surface area (Å²) in [4.78, 5) is 44.5. The Labute approximate surface area is 175 Å². The first-order valence-corrected chi connectivity index (χ1v) is 10.3. The average Bonchev–Trinajstić information content (AvgIpc) is 3.04. The topological polar surface area (TPSA) is 73.5 Å². The van der Waals surface area contributed by atoms with Crippen molar-refractivity contribution in [1.82, 2.24) is 14.8 Å².